The fraction of sp³-hybridized carbons (Fsp3) is 0.391. The van der Waals surface area contributed by atoms with E-state index in [9.17, 15) is 4.39 Å². The third-order valence-corrected chi connectivity index (χ3v) is 6.27. The quantitative estimate of drug-likeness (QED) is 0.446. The van der Waals surface area contributed by atoms with Crippen LogP contribution >= 0.6 is 15.9 Å². The number of halogens is 2. The standard InChI is InChI=1S/C23H24BrFN4O4/c1-30-19-7-14-10-26-23(27-17-4-3-15(24)8-16(17)25)28-18(14)9-20(19)31-6-2-5-29-11-21-22(12-29)33-13-32-21/h3-4,7-10,21-22H,2,5-6,11-13H2,1H3,(H,26,27,28)/t21-,22+. The number of methoxy groups -OCH3 is 1. The fourth-order valence-electron chi connectivity index (χ4n) is 4.09. The number of nitrogens with one attached hydrogen (secondary N) is 1. The van der Waals surface area contributed by atoms with Crippen LogP contribution in [0.2, 0.25) is 0 Å². The van der Waals surface area contributed by atoms with Crippen LogP contribution in [0.1, 0.15) is 6.42 Å². The molecule has 5 rings (SSSR count). The van der Waals surface area contributed by atoms with Gasteiger partial charge >= 0.3 is 0 Å². The molecule has 33 heavy (non-hydrogen) atoms. The summed E-state index contributed by atoms with van der Waals surface area (Å²) in [4.78, 5) is 11.1. The predicted molar refractivity (Wildman–Crippen MR) is 125 cm³/mol. The predicted octanol–water partition coefficient (Wildman–Crippen LogP) is 4.11. The van der Waals surface area contributed by atoms with Crippen molar-refractivity contribution in [3.8, 4) is 11.5 Å². The van der Waals surface area contributed by atoms with Gasteiger partial charge in [0.15, 0.2) is 11.5 Å². The Kier molecular flexibility index (Phi) is 6.59. The lowest BCUT2D eigenvalue weighted by Crippen LogP contribution is -2.26. The first-order chi connectivity index (χ1) is 16.1. The number of fused-ring (bicyclic) bond motifs is 2. The smallest absolute Gasteiger partial charge is 0.227 e. The van der Waals surface area contributed by atoms with E-state index in [1.165, 1.54) is 6.07 Å². The molecule has 0 aliphatic carbocycles. The topological polar surface area (TPSA) is 78.0 Å². The summed E-state index contributed by atoms with van der Waals surface area (Å²) in [6.45, 7) is 3.65. The lowest BCUT2D eigenvalue weighted by Gasteiger charge is -2.17. The van der Waals surface area contributed by atoms with Crippen LogP contribution in [0.25, 0.3) is 10.9 Å². The Morgan fingerprint density at radius 2 is 2.00 bits per heavy atom. The second-order valence-electron chi connectivity index (χ2n) is 7.99. The minimum atomic E-state index is -0.397. The third kappa shape index (κ3) is 5.03. The van der Waals surface area contributed by atoms with E-state index >= 15 is 0 Å². The summed E-state index contributed by atoms with van der Waals surface area (Å²) in [5.41, 5.74) is 0.965. The molecule has 174 valence electrons. The number of anilines is 2. The molecule has 0 bridgehead atoms. The van der Waals surface area contributed by atoms with Crippen LogP contribution in [0.4, 0.5) is 16.0 Å². The summed E-state index contributed by atoms with van der Waals surface area (Å²) in [5.74, 6) is 1.12. The minimum absolute atomic E-state index is 0.194. The van der Waals surface area contributed by atoms with Gasteiger partial charge in [0, 0.05) is 41.8 Å². The lowest BCUT2D eigenvalue weighted by molar-refractivity contribution is 0.0149. The highest BCUT2D eigenvalue weighted by Crippen LogP contribution is 2.32. The van der Waals surface area contributed by atoms with Crippen molar-refractivity contribution < 1.29 is 23.3 Å². The van der Waals surface area contributed by atoms with Gasteiger partial charge in [-0.05, 0) is 30.7 Å². The summed E-state index contributed by atoms with van der Waals surface area (Å²) in [6.07, 6.45) is 2.92. The van der Waals surface area contributed by atoms with Gasteiger partial charge in [0.2, 0.25) is 5.95 Å². The van der Waals surface area contributed by atoms with Crippen molar-refractivity contribution in [3.63, 3.8) is 0 Å². The summed E-state index contributed by atoms with van der Waals surface area (Å²) in [7, 11) is 1.60. The Labute approximate surface area is 199 Å². The van der Waals surface area contributed by atoms with Crippen molar-refractivity contribution in [1.82, 2.24) is 14.9 Å². The largest absolute Gasteiger partial charge is 0.493 e. The number of aromatic nitrogens is 2. The maximum atomic E-state index is 14.2. The van der Waals surface area contributed by atoms with Gasteiger partial charge in [0.25, 0.3) is 0 Å². The maximum absolute atomic E-state index is 14.2. The van der Waals surface area contributed by atoms with Gasteiger partial charge in [0.05, 0.1) is 24.9 Å². The summed E-state index contributed by atoms with van der Waals surface area (Å²) in [5, 5.41) is 3.72. The molecule has 2 aromatic carbocycles. The fourth-order valence-corrected chi connectivity index (χ4v) is 4.42. The molecule has 2 atom stereocenters. The molecule has 0 radical (unpaired) electrons. The molecule has 3 aromatic rings. The van der Waals surface area contributed by atoms with E-state index in [4.69, 9.17) is 18.9 Å². The molecule has 10 heteroatoms. The highest BCUT2D eigenvalue weighted by Gasteiger charge is 2.37. The van der Waals surface area contributed by atoms with Crippen molar-refractivity contribution in [2.45, 2.75) is 18.6 Å². The Hall–Kier alpha value is -2.53. The van der Waals surface area contributed by atoms with Gasteiger partial charge in [-0.25, -0.2) is 14.4 Å². The molecular weight excluding hydrogens is 495 g/mol. The van der Waals surface area contributed by atoms with Gasteiger partial charge in [-0.2, -0.15) is 0 Å². The van der Waals surface area contributed by atoms with Gasteiger partial charge in [-0.1, -0.05) is 15.9 Å². The van der Waals surface area contributed by atoms with Gasteiger partial charge < -0.3 is 24.3 Å². The number of benzene rings is 2. The van der Waals surface area contributed by atoms with Crippen LogP contribution in [-0.4, -0.2) is 67.2 Å². The van der Waals surface area contributed by atoms with E-state index in [1.807, 2.05) is 12.1 Å². The number of rotatable bonds is 8. The number of likely N-dealkylation sites (tertiary alicyclic amines) is 1. The van der Waals surface area contributed by atoms with Crippen LogP contribution in [0.5, 0.6) is 11.5 Å². The van der Waals surface area contributed by atoms with E-state index in [1.54, 1.807) is 25.4 Å². The van der Waals surface area contributed by atoms with Gasteiger partial charge in [0.1, 0.15) is 24.8 Å². The first kappa shape index (κ1) is 22.3. The number of ether oxygens (including phenoxy) is 4. The highest BCUT2D eigenvalue weighted by atomic mass is 79.9. The summed E-state index contributed by atoms with van der Waals surface area (Å²) < 4.78 is 37.5. The van der Waals surface area contributed by atoms with Crippen molar-refractivity contribution in [3.05, 3.63) is 46.8 Å². The van der Waals surface area contributed by atoms with E-state index < -0.39 is 5.82 Å². The SMILES string of the molecule is COc1cc2cnc(Nc3ccc(Br)cc3F)nc2cc1OCCCN1C[C@@H]2OCO[C@@H]2C1. The average Bonchev–Trinajstić information content (AvgIpc) is 3.40. The number of hydrogen-bond donors (Lipinski definition) is 1. The average molecular weight is 519 g/mol. The van der Waals surface area contributed by atoms with Crippen LogP contribution in [0.15, 0.2) is 41.0 Å². The third-order valence-electron chi connectivity index (χ3n) is 5.77. The highest BCUT2D eigenvalue weighted by molar-refractivity contribution is 9.10. The molecule has 0 amide bonds. The van der Waals surface area contributed by atoms with Crippen LogP contribution in [-0.2, 0) is 9.47 Å². The molecule has 8 nitrogen and oxygen atoms in total. The Morgan fingerprint density at radius 3 is 2.76 bits per heavy atom. The van der Waals surface area contributed by atoms with Gasteiger partial charge in [-0.3, -0.25) is 4.90 Å². The molecule has 0 spiro atoms. The van der Waals surface area contributed by atoms with E-state index in [2.05, 4.69) is 36.1 Å². The Morgan fingerprint density at radius 1 is 1.18 bits per heavy atom. The second-order valence-corrected chi connectivity index (χ2v) is 8.91. The molecule has 1 aromatic heterocycles. The van der Waals surface area contributed by atoms with E-state index in [-0.39, 0.29) is 12.2 Å². The molecule has 0 unspecified atom stereocenters. The minimum Gasteiger partial charge on any atom is -0.493 e. The maximum Gasteiger partial charge on any atom is 0.227 e. The zero-order chi connectivity index (χ0) is 22.8. The number of nitrogens with zero attached hydrogens (tertiary/aromatic N) is 3. The first-order valence-electron chi connectivity index (χ1n) is 10.7. The monoisotopic (exact) mass is 518 g/mol. The summed E-state index contributed by atoms with van der Waals surface area (Å²) >= 11 is 3.25. The lowest BCUT2D eigenvalue weighted by atomic mass is 10.2. The molecular formula is C23H24BrFN4O4. The first-order valence-corrected chi connectivity index (χ1v) is 11.5. The Bertz CT molecular complexity index is 1140. The van der Waals surface area contributed by atoms with Crippen molar-refractivity contribution >= 4 is 38.5 Å². The molecule has 1 N–H and O–H groups in total. The van der Waals surface area contributed by atoms with Crippen LogP contribution in [0.3, 0.4) is 0 Å². The molecule has 2 aliphatic heterocycles. The molecule has 0 saturated carbocycles. The number of hydrogen-bond acceptors (Lipinski definition) is 8. The molecule has 2 saturated heterocycles. The van der Waals surface area contributed by atoms with Crippen LogP contribution in [0, 0.1) is 5.82 Å². The molecule has 2 fully saturated rings. The van der Waals surface area contributed by atoms with Gasteiger partial charge in [-0.15, -0.1) is 0 Å². The zero-order valence-electron chi connectivity index (χ0n) is 18.1. The zero-order valence-corrected chi connectivity index (χ0v) is 19.7. The van der Waals surface area contributed by atoms with E-state index in [0.717, 1.165) is 31.4 Å². The second kappa shape index (κ2) is 9.76. The molecule has 2 aliphatic rings. The van der Waals surface area contributed by atoms with Crippen molar-refractivity contribution in [2.75, 3.05) is 45.5 Å². The summed E-state index contributed by atoms with van der Waals surface area (Å²) in [6, 6.07) is 8.42. The molecule has 3 heterocycles. The Balaban J connectivity index is 1.24. The normalized spacial score (nSPS) is 20.2. The van der Waals surface area contributed by atoms with Crippen molar-refractivity contribution in [2.24, 2.45) is 0 Å². The van der Waals surface area contributed by atoms with Crippen molar-refractivity contribution in [1.29, 1.82) is 0 Å². The van der Waals surface area contributed by atoms with Crippen LogP contribution < -0.4 is 14.8 Å². The van der Waals surface area contributed by atoms with E-state index in [0.29, 0.717) is 46.5 Å².